The Kier molecular flexibility index (Phi) is 5.71. The molecular formula is C8H15NO3S. The van der Waals surface area contributed by atoms with E-state index in [1.807, 2.05) is 6.92 Å². The predicted octanol–water partition coefficient (Wildman–Crippen LogP) is -0.346. The standard InChI is InChI=1S/C8H15NO3S/c1-3-5-9(6-4-2)13(11,12)8-7-10/h1,10H,4-8H2,2H3. The zero-order valence-electron chi connectivity index (χ0n) is 7.73. The quantitative estimate of drug-likeness (QED) is 0.603. The van der Waals surface area contributed by atoms with Crippen LogP contribution in [0.4, 0.5) is 0 Å². The molecule has 0 fully saturated rings. The van der Waals surface area contributed by atoms with Gasteiger partial charge in [0.05, 0.1) is 18.9 Å². The number of aliphatic hydroxyl groups is 1. The van der Waals surface area contributed by atoms with Crippen molar-refractivity contribution in [2.75, 3.05) is 25.4 Å². The summed E-state index contributed by atoms with van der Waals surface area (Å²) < 4.78 is 24.0. The normalized spacial score (nSPS) is 11.5. The Morgan fingerprint density at radius 2 is 2.15 bits per heavy atom. The highest BCUT2D eigenvalue weighted by atomic mass is 32.2. The van der Waals surface area contributed by atoms with Gasteiger partial charge in [-0.25, -0.2) is 8.42 Å². The van der Waals surface area contributed by atoms with Gasteiger partial charge in [0.1, 0.15) is 0 Å². The first-order valence-electron chi connectivity index (χ1n) is 4.10. The molecule has 0 radical (unpaired) electrons. The molecule has 0 saturated heterocycles. The van der Waals surface area contributed by atoms with Crippen LogP contribution < -0.4 is 0 Å². The first-order chi connectivity index (χ1) is 6.08. The van der Waals surface area contributed by atoms with Crippen LogP contribution in [-0.4, -0.2) is 43.3 Å². The van der Waals surface area contributed by atoms with E-state index < -0.39 is 10.0 Å². The zero-order valence-corrected chi connectivity index (χ0v) is 8.55. The average Bonchev–Trinajstić information content (AvgIpc) is 2.04. The molecule has 0 aromatic heterocycles. The lowest BCUT2D eigenvalue weighted by molar-refractivity contribution is 0.315. The van der Waals surface area contributed by atoms with Crippen molar-refractivity contribution in [3.63, 3.8) is 0 Å². The van der Waals surface area contributed by atoms with E-state index in [0.29, 0.717) is 13.0 Å². The van der Waals surface area contributed by atoms with Gasteiger partial charge in [0, 0.05) is 6.54 Å². The molecular weight excluding hydrogens is 190 g/mol. The average molecular weight is 205 g/mol. The molecule has 13 heavy (non-hydrogen) atoms. The summed E-state index contributed by atoms with van der Waals surface area (Å²) in [6.07, 6.45) is 5.75. The van der Waals surface area contributed by atoms with Gasteiger partial charge in [-0.2, -0.15) is 4.31 Å². The molecule has 0 aromatic rings. The summed E-state index contributed by atoms with van der Waals surface area (Å²) in [5.74, 6) is 2.03. The van der Waals surface area contributed by atoms with Crippen molar-refractivity contribution in [2.45, 2.75) is 13.3 Å². The number of sulfonamides is 1. The van der Waals surface area contributed by atoms with Crippen LogP contribution in [0.2, 0.25) is 0 Å². The van der Waals surface area contributed by atoms with Crippen LogP contribution in [0.1, 0.15) is 13.3 Å². The van der Waals surface area contributed by atoms with E-state index in [9.17, 15) is 8.42 Å². The fourth-order valence-electron chi connectivity index (χ4n) is 0.912. The Bertz CT molecular complexity index is 266. The molecule has 0 unspecified atom stereocenters. The van der Waals surface area contributed by atoms with Crippen LogP contribution in [0.3, 0.4) is 0 Å². The third kappa shape index (κ3) is 4.27. The van der Waals surface area contributed by atoms with Crippen LogP contribution in [0.25, 0.3) is 0 Å². The number of terminal acetylenes is 1. The summed E-state index contributed by atoms with van der Waals surface area (Å²) in [5.41, 5.74) is 0. The van der Waals surface area contributed by atoms with Gasteiger partial charge in [-0.3, -0.25) is 0 Å². The molecule has 0 atom stereocenters. The monoisotopic (exact) mass is 205 g/mol. The minimum Gasteiger partial charge on any atom is -0.395 e. The predicted molar refractivity (Wildman–Crippen MR) is 51.6 cm³/mol. The highest BCUT2D eigenvalue weighted by molar-refractivity contribution is 7.89. The summed E-state index contributed by atoms with van der Waals surface area (Å²) in [7, 11) is -3.36. The van der Waals surface area contributed by atoms with Crippen molar-refractivity contribution < 1.29 is 13.5 Å². The minimum absolute atomic E-state index is 0.0795. The second kappa shape index (κ2) is 5.97. The first kappa shape index (κ1) is 12.4. The van der Waals surface area contributed by atoms with Gasteiger partial charge in [-0.1, -0.05) is 12.8 Å². The summed E-state index contributed by atoms with van der Waals surface area (Å²) in [6, 6.07) is 0. The molecule has 0 heterocycles. The Morgan fingerprint density at radius 1 is 1.54 bits per heavy atom. The molecule has 4 nitrogen and oxygen atoms in total. The van der Waals surface area contributed by atoms with Gasteiger partial charge in [0.25, 0.3) is 0 Å². The number of rotatable bonds is 6. The fourth-order valence-corrected chi connectivity index (χ4v) is 2.13. The molecule has 0 aliphatic carbocycles. The topological polar surface area (TPSA) is 57.6 Å². The SMILES string of the molecule is C#CCN(CCC)S(=O)(=O)CCO. The van der Waals surface area contributed by atoms with E-state index in [1.165, 1.54) is 4.31 Å². The molecule has 0 aliphatic rings. The molecule has 1 N–H and O–H groups in total. The molecule has 0 bridgehead atoms. The van der Waals surface area contributed by atoms with Gasteiger partial charge < -0.3 is 5.11 Å². The number of nitrogens with zero attached hydrogens (tertiary/aromatic N) is 1. The van der Waals surface area contributed by atoms with Crippen molar-refractivity contribution in [1.82, 2.24) is 4.31 Å². The Labute approximate surface area is 79.6 Å². The minimum atomic E-state index is -3.36. The Balaban J connectivity index is 4.44. The van der Waals surface area contributed by atoms with E-state index in [0.717, 1.165) is 0 Å². The lowest BCUT2D eigenvalue weighted by atomic mass is 10.5. The van der Waals surface area contributed by atoms with E-state index >= 15 is 0 Å². The Hall–Kier alpha value is -0.570. The number of hydrogen-bond acceptors (Lipinski definition) is 3. The highest BCUT2D eigenvalue weighted by Gasteiger charge is 2.18. The van der Waals surface area contributed by atoms with E-state index in [4.69, 9.17) is 11.5 Å². The summed E-state index contributed by atoms with van der Waals surface area (Å²) in [6.45, 7) is 1.99. The maximum atomic E-state index is 11.4. The molecule has 0 saturated carbocycles. The van der Waals surface area contributed by atoms with Crippen molar-refractivity contribution in [1.29, 1.82) is 0 Å². The maximum Gasteiger partial charge on any atom is 0.217 e. The third-order valence-electron chi connectivity index (χ3n) is 1.48. The van der Waals surface area contributed by atoms with Crippen molar-refractivity contribution in [3.8, 4) is 12.3 Å². The van der Waals surface area contributed by atoms with Crippen LogP contribution in [0, 0.1) is 12.3 Å². The van der Waals surface area contributed by atoms with Crippen molar-refractivity contribution in [2.24, 2.45) is 0 Å². The Morgan fingerprint density at radius 3 is 2.54 bits per heavy atom. The molecule has 0 rings (SSSR count). The summed E-state index contributed by atoms with van der Waals surface area (Å²) in [5, 5.41) is 8.53. The number of hydrogen-bond donors (Lipinski definition) is 1. The van der Waals surface area contributed by atoms with Crippen LogP contribution in [0.5, 0.6) is 0 Å². The lowest BCUT2D eigenvalue weighted by Crippen LogP contribution is -2.35. The largest absolute Gasteiger partial charge is 0.395 e. The smallest absolute Gasteiger partial charge is 0.217 e. The van der Waals surface area contributed by atoms with Crippen molar-refractivity contribution >= 4 is 10.0 Å². The molecule has 0 aliphatic heterocycles. The molecule has 0 amide bonds. The molecule has 0 spiro atoms. The van der Waals surface area contributed by atoms with Gasteiger partial charge in [0.15, 0.2) is 0 Å². The second-order valence-corrected chi connectivity index (χ2v) is 4.67. The lowest BCUT2D eigenvalue weighted by Gasteiger charge is -2.17. The highest BCUT2D eigenvalue weighted by Crippen LogP contribution is 2.01. The summed E-state index contributed by atoms with van der Waals surface area (Å²) >= 11 is 0. The molecule has 5 heteroatoms. The van der Waals surface area contributed by atoms with Gasteiger partial charge in [0.2, 0.25) is 10.0 Å². The first-order valence-corrected chi connectivity index (χ1v) is 5.71. The third-order valence-corrected chi connectivity index (χ3v) is 3.28. The summed E-state index contributed by atoms with van der Waals surface area (Å²) in [4.78, 5) is 0. The fraction of sp³-hybridized carbons (Fsp3) is 0.750. The molecule has 0 aromatic carbocycles. The van der Waals surface area contributed by atoms with Crippen molar-refractivity contribution in [3.05, 3.63) is 0 Å². The maximum absolute atomic E-state index is 11.4. The van der Waals surface area contributed by atoms with Gasteiger partial charge in [-0.05, 0) is 6.42 Å². The van der Waals surface area contributed by atoms with Crippen LogP contribution >= 0.6 is 0 Å². The zero-order chi connectivity index (χ0) is 10.3. The van der Waals surface area contributed by atoms with Gasteiger partial charge >= 0.3 is 0 Å². The van der Waals surface area contributed by atoms with E-state index in [2.05, 4.69) is 5.92 Å². The van der Waals surface area contributed by atoms with Gasteiger partial charge in [-0.15, -0.1) is 6.42 Å². The second-order valence-electron chi connectivity index (χ2n) is 2.58. The van der Waals surface area contributed by atoms with E-state index in [1.54, 1.807) is 0 Å². The van der Waals surface area contributed by atoms with Crippen LogP contribution in [0.15, 0.2) is 0 Å². The number of aliphatic hydroxyl groups excluding tert-OH is 1. The van der Waals surface area contributed by atoms with E-state index in [-0.39, 0.29) is 18.9 Å². The molecule has 76 valence electrons. The van der Waals surface area contributed by atoms with Crippen LogP contribution in [-0.2, 0) is 10.0 Å².